The van der Waals surface area contributed by atoms with Crippen molar-refractivity contribution in [2.45, 2.75) is 52.8 Å². The van der Waals surface area contributed by atoms with E-state index in [4.69, 9.17) is 11.6 Å². The summed E-state index contributed by atoms with van der Waals surface area (Å²) in [4.78, 5) is 13.5. The van der Waals surface area contributed by atoms with Gasteiger partial charge in [0.1, 0.15) is 6.23 Å². The molecule has 2 aromatic carbocycles. The zero-order chi connectivity index (χ0) is 24.1. The lowest BCUT2D eigenvalue weighted by Gasteiger charge is -2.62. The molecule has 0 radical (unpaired) electrons. The van der Waals surface area contributed by atoms with Crippen molar-refractivity contribution in [3.63, 3.8) is 0 Å². The number of aromatic nitrogens is 2. The van der Waals surface area contributed by atoms with Crippen molar-refractivity contribution in [1.29, 1.82) is 0 Å². The predicted molar refractivity (Wildman–Crippen MR) is 136 cm³/mol. The Kier molecular flexibility index (Phi) is 5.99. The van der Waals surface area contributed by atoms with Gasteiger partial charge in [-0.05, 0) is 71.8 Å². The van der Waals surface area contributed by atoms with Gasteiger partial charge < -0.3 is 5.11 Å². The van der Waals surface area contributed by atoms with E-state index in [0.29, 0.717) is 34.8 Å². The van der Waals surface area contributed by atoms with Gasteiger partial charge in [0.25, 0.3) is 5.56 Å². The molecule has 1 aromatic heterocycles. The zero-order valence-electron chi connectivity index (χ0n) is 20.2. The first-order valence-electron chi connectivity index (χ1n) is 12.2. The lowest BCUT2D eigenvalue weighted by molar-refractivity contribution is -0.122. The van der Waals surface area contributed by atoms with Crippen molar-refractivity contribution in [3.05, 3.63) is 87.3 Å². The van der Waals surface area contributed by atoms with Crippen LogP contribution < -0.4 is 10.9 Å². The number of benzene rings is 2. The van der Waals surface area contributed by atoms with Crippen LogP contribution in [0.2, 0.25) is 5.02 Å². The molecule has 0 spiro atoms. The number of fused-ring (bicyclic) bond motifs is 2. The molecule has 1 heterocycles. The second-order valence-corrected chi connectivity index (χ2v) is 11.7. The third kappa shape index (κ3) is 4.26. The summed E-state index contributed by atoms with van der Waals surface area (Å²) < 4.78 is 3.48. The van der Waals surface area contributed by atoms with Gasteiger partial charge in [-0.3, -0.25) is 14.8 Å². The number of aliphatic hydroxyl groups is 1. The van der Waals surface area contributed by atoms with Gasteiger partial charge in [-0.25, -0.2) is 4.68 Å². The van der Waals surface area contributed by atoms with Gasteiger partial charge in [0, 0.05) is 17.8 Å². The molecular weight excluding hydrogens is 446 g/mol. The molecule has 34 heavy (non-hydrogen) atoms. The molecule has 2 bridgehead atoms. The average Bonchev–Trinajstić information content (AvgIpc) is 3.14. The van der Waals surface area contributed by atoms with E-state index in [2.05, 4.69) is 26.1 Å². The van der Waals surface area contributed by atoms with Crippen molar-refractivity contribution < 1.29 is 5.11 Å². The maximum absolute atomic E-state index is 13.5. The number of hydrogen-bond acceptors (Lipinski definition) is 3. The van der Waals surface area contributed by atoms with Gasteiger partial charge in [0.05, 0.1) is 17.8 Å². The second kappa shape index (κ2) is 8.71. The summed E-state index contributed by atoms with van der Waals surface area (Å²) in [5, 5.41) is 15.0. The first-order chi connectivity index (χ1) is 16.2. The topological polar surface area (TPSA) is 59.2 Å². The summed E-state index contributed by atoms with van der Waals surface area (Å²) in [5.74, 6) is 1.51. The summed E-state index contributed by atoms with van der Waals surface area (Å²) in [5.41, 5.74) is 2.51. The highest BCUT2D eigenvalue weighted by Crippen LogP contribution is 2.63. The van der Waals surface area contributed by atoms with Crippen molar-refractivity contribution in [1.82, 2.24) is 14.7 Å². The molecular formula is C28H34ClN3O2. The number of aliphatic hydroxyl groups excluding tert-OH is 1. The van der Waals surface area contributed by atoms with Crippen molar-refractivity contribution in [2.24, 2.45) is 22.7 Å². The quantitative estimate of drug-likeness (QED) is 0.447. The number of nitrogens with zero attached hydrogens (tertiary/aromatic N) is 2. The lowest BCUT2D eigenvalue weighted by Crippen LogP contribution is -2.55. The molecule has 3 aromatic rings. The molecule has 3 unspecified atom stereocenters. The van der Waals surface area contributed by atoms with Crippen molar-refractivity contribution >= 4 is 11.6 Å². The minimum absolute atomic E-state index is 0.145. The highest BCUT2D eigenvalue weighted by molar-refractivity contribution is 6.30. The second-order valence-electron chi connectivity index (χ2n) is 11.2. The van der Waals surface area contributed by atoms with E-state index >= 15 is 0 Å². The third-order valence-electron chi connectivity index (χ3n) is 8.41. The highest BCUT2D eigenvalue weighted by atomic mass is 35.5. The van der Waals surface area contributed by atoms with E-state index in [9.17, 15) is 9.90 Å². The Balaban J connectivity index is 1.39. The molecule has 6 rings (SSSR count). The summed E-state index contributed by atoms with van der Waals surface area (Å²) in [6.45, 7) is 8.31. The Morgan fingerprint density at radius 2 is 1.71 bits per heavy atom. The van der Waals surface area contributed by atoms with Crippen LogP contribution in [-0.4, -0.2) is 21.0 Å². The van der Waals surface area contributed by atoms with Crippen LogP contribution in [0.1, 0.15) is 57.4 Å². The molecule has 5 nitrogen and oxygen atoms in total. The molecule has 180 valence electrons. The van der Waals surface area contributed by atoms with E-state index in [1.54, 1.807) is 23.0 Å². The first-order valence-corrected chi connectivity index (χ1v) is 12.6. The average molecular weight is 480 g/mol. The van der Waals surface area contributed by atoms with Crippen LogP contribution in [0.15, 0.2) is 65.6 Å². The van der Waals surface area contributed by atoms with E-state index in [1.165, 1.54) is 19.3 Å². The van der Waals surface area contributed by atoms with Gasteiger partial charge in [0.2, 0.25) is 0 Å². The van der Waals surface area contributed by atoms with Crippen LogP contribution >= 0.6 is 11.6 Å². The standard InChI is InChI=1S/C28H34ClN3O2/c1-27(2)20-13-21(27)15-28(3,14-20)18-30-25(33)24-17-31(16-19-7-5-4-6-8-19)32(26(24)34)23-11-9-22(29)10-12-23/h4-12,17,20-21,25,30,33H,13-16,18H2,1-3H3. The van der Waals surface area contributed by atoms with Gasteiger partial charge >= 0.3 is 0 Å². The van der Waals surface area contributed by atoms with Crippen LogP contribution in [0.25, 0.3) is 5.69 Å². The smallest absolute Gasteiger partial charge is 0.278 e. The Hall–Kier alpha value is -2.34. The SMILES string of the molecule is CC1(CNC(O)c2cn(Cc3ccccc3)n(-c3ccc(Cl)cc3)c2=O)CC2CC(C1)C2(C)C. The third-order valence-corrected chi connectivity index (χ3v) is 8.66. The lowest BCUT2D eigenvalue weighted by atomic mass is 9.43. The van der Waals surface area contributed by atoms with Crippen LogP contribution in [0, 0.1) is 22.7 Å². The molecule has 3 fully saturated rings. The number of nitrogens with one attached hydrogen (secondary N) is 1. The Morgan fingerprint density at radius 3 is 2.32 bits per heavy atom. The molecule has 3 aliphatic rings. The van der Waals surface area contributed by atoms with E-state index in [0.717, 1.165) is 17.4 Å². The molecule has 6 heteroatoms. The Morgan fingerprint density at radius 1 is 1.06 bits per heavy atom. The fraction of sp³-hybridized carbons (Fsp3) is 0.464. The minimum atomic E-state index is -1.02. The zero-order valence-corrected chi connectivity index (χ0v) is 20.9. The molecule has 0 aliphatic heterocycles. The first kappa shape index (κ1) is 23.4. The summed E-state index contributed by atoms with van der Waals surface area (Å²) in [7, 11) is 0. The van der Waals surface area contributed by atoms with Crippen LogP contribution in [0.5, 0.6) is 0 Å². The molecule has 3 aliphatic carbocycles. The van der Waals surface area contributed by atoms with Crippen LogP contribution in [-0.2, 0) is 6.54 Å². The van der Waals surface area contributed by atoms with Crippen molar-refractivity contribution in [3.8, 4) is 5.69 Å². The molecule has 0 saturated heterocycles. The number of rotatable bonds is 7. The predicted octanol–water partition coefficient (Wildman–Crippen LogP) is 5.38. The van der Waals surface area contributed by atoms with E-state index in [-0.39, 0.29) is 11.0 Å². The van der Waals surface area contributed by atoms with Crippen LogP contribution in [0.3, 0.4) is 0 Å². The van der Waals surface area contributed by atoms with E-state index in [1.807, 2.05) is 47.1 Å². The summed E-state index contributed by atoms with van der Waals surface area (Å²) in [6.07, 6.45) is 4.41. The normalized spacial score (nSPS) is 26.1. The van der Waals surface area contributed by atoms with Crippen LogP contribution in [0.4, 0.5) is 0 Å². The van der Waals surface area contributed by atoms with Gasteiger partial charge in [-0.1, -0.05) is 62.7 Å². The minimum Gasteiger partial charge on any atom is -0.374 e. The molecule has 0 amide bonds. The largest absolute Gasteiger partial charge is 0.374 e. The van der Waals surface area contributed by atoms with Gasteiger partial charge in [-0.15, -0.1) is 0 Å². The summed E-state index contributed by atoms with van der Waals surface area (Å²) in [6, 6.07) is 17.2. The maximum atomic E-state index is 13.5. The van der Waals surface area contributed by atoms with Gasteiger partial charge in [0.15, 0.2) is 0 Å². The molecule has 2 N–H and O–H groups in total. The molecule has 3 saturated carbocycles. The van der Waals surface area contributed by atoms with E-state index < -0.39 is 6.23 Å². The fourth-order valence-corrected chi connectivity index (χ4v) is 6.25. The van der Waals surface area contributed by atoms with Gasteiger partial charge in [-0.2, -0.15) is 0 Å². The maximum Gasteiger partial charge on any atom is 0.278 e. The number of hydrogen-bond donors (Lipinski definition) is 2. The monoisotopic (exact) mass is 479 g/mol. The number of halogens is 1. The molecule has 3 atom stereocenters. The fourth-order valence-electron chi connectivity index (χ4n) is 6.12. The summed E-state index contributed by atoms with van der Waals surface area (Å²) >= 11 is 6.08. The van der Waals surface area contributed by atoms with Crippen molar-refractivity contribution in [2.75, 3.05) is 6.54 Å². The highest BCUT2D eigenvalue weighted by Gasteiger charge is 2.56. The Labute approximate surface area is 206 Å². The Bertz CT molecular complexity index is 1200.